The molecule has 3 heterocycles. The molecular formula is C10H11N4Na2O7P. The molecule has 1 fully saturated rings. The van der Waals surface area contributed by atoms with Crippen LogP contribution in [-0.4, -0.2) is 54.7 Å². The number of fused-ring (bicyclic) bond motifs is 1. The number of aliphatic hydroxyl groups excluding tert-OH is 2. The molecule has 1 saturated heterocycles. The first-order valence-electron chi connectivity index (χ1n) is 6.17. The largest absolute Gasteiger partial charge is 1.00 e. The summed E-state index contributed by atoms with van der Waals surface area (Å²) in [4.78, 5) is 32.8. The SMILES string of the molecule is O=P([O-])([O-])OC[C@H]1O[C@@H](n2cnc3cncnc32)[C@H](O)[C@@H]1O.[Na+].[Na+]. The Morgan fingerprint density at radius 2 is 2.00 bits per heavy atom. The summed E-state index contributed by atoms with van der Waals surface area (Å²) in [6, 6.07) is 0. The summed E-state index contributed by atoms with van der Waals surface area (Å²) in [5, 5.41) is 19.9. The molecule has 120 valence electrons. The minimum atomic E-state index is -5.20. The fraction of sp³-hybridized carbons (Fsp3) is 0.500. The van der Waals surface area contributed by atoms with Crippen LogP contribution in [0.1, 0.15) is 6.23 Å². The second-order valence-electron chi connectivity index (χ2n) is 4.67. The van der Waals surface area contributed by atoms with E-state index in [4.69, 9.17) is 4.74 Å². The molecule has 1 aliphatic heterocycles. The number of hydrogen-bond donors (Lipinski definition) is 2. The predicted molar refractivity (Wildman–Crippen MR) is 64.8 cm³/mol. The van der Waals surface area contributed by atoms with Crippen LogP contribution in [0.5, 0.6) is 0 Å². The Balaban J connectivity index is 0.00000144. The van der Waals surface area contributed by atoms with Crippen molar-refractivity contribution in [3.05, 3.63) is 18.9 Å². The first-order valence-corrected chi connectivity index (χ1v) is 7.63. The molecule has 0 aliphatic carbocycles. The summed E-state index contributed by atoms with van der Waals surface area (Å²) >= 11 is 0. The molecule has 4 atom stereocenters. The van der Waals surface area contributed by atoms with Gasteiger partial charge in [0.15, 0.2) is 11.9 Å². The maximum atomic E-state index is 10.5. The van der Waals surface area contributed by atoms with Crippen LogP contribution in [-0.2, 0) is 13.8 Å². The standard InChI is InChI=1S/C10H13N4O7P.2Na/c15-7-6(2-20-22(17,18)19)21-10(8(7)16)14-4-13-5-1-11-3-12-9(5)14;;/h1,3-4,6-8,10,15-16H,2H2,(H2,17,18,19);;/q;2*+1/p-2/t6-,7-,8-,10-;;/m1../s1. The van der Waals surface area contributed by atoms with E-state index < -0.39 is 39.0 Å². The monoisotopic (exact) mass is 376 g/mol. The average Bonchev–Trinajstić information content (AvgIpc) is 3.00. The Hall–Kier alpha value is 0.540. The van der Waals surface area contributed by atoms with Gasteiger partial charge in [0, 0.05) is 0 Å². The van der Waals surface area contributed by atoms with E-state index in [0.717, 1.165) is 0 Å². The molecule has 3 rings (SSSR count). The summed E-state index contributed by atoms with van der Waals surface area (Å²) in [7, 11) is -5.20. The first-order chi connectivity index (χ1) is 10.4. The second-order valence-corrected chi connectivity index (χ2v) is 5.83. The molecule has 0 aromatic carbocycles. The number of hydrogen-bond acceptors (Lipinski definition) is 10. The van der Waals surface area contributed by atoms with E-state index in [-0.39, 0.29) is 59.1 Å². The molecule has 0 saturated carbocycles. The van der Waals surface area contributed by atoms with Gasteiger partial charge in [0.25, 0.3) is 0 Å². The van der Waals surface area contributed by atoms with Crippen LogP contribution in [0.15, 0.2) is 18.9 Å². The van der Waals surface area contributed by atoms with Crippen molar-refractivity contribution in [1.29, 1.82) is 0 Å². The van der Waals surface area contributed by atoms with Crippen LogP contribution in [0.2, 0.25) is 0 Å². The number of aliphatic hydroxyl groups is 2. The van der Waals surface area contributed by atoms with Crippen molar-refractivity contribution < 1.29 is 92.9 Å². The van der Waals surface area contributed by atoms with Gasteiger partial charge in [-0.3, -0.25) is 4.57 Å². The van der Waals surface area contributed by atoms with Crippen molar-refractivity contribution in [2.45, 2.75) is 24.5 Å². The van der Waals surface area contributed by atoms with Gasteiger partial charge in [0.2, 0.25) is 0 Å². The summed E-state index contributed by atoms with van der Waals surface area (Å²) in [6.07, 6.45) is -0.965. The quantitative estimate of drug-likeness (QED) is 0.386. The van der Waals surface area contributed by atoms with E-state index in [1.165, 1.54) is 23.4 Å². The van der Waals surface area contributed by atoms with Crippen LogP contribution in [0.4, 0.5) is 0 Å². The Morgan fingerprint density at radius 1 is 1.29 bits per heavy atom. The zero-order valence-electron chi connectivity index (χ0n) is 12.9. The first kappa shape index (κ1) is 22.6. The minimum Gasteiger partial charge on any atom is -0.790 e. The van der Waals surface area contributed by atoms with Crippen LogP contribution in [0, 0.1) is 0 Å². The number of aromatic nitrogens is 4. The van der Waals surface area contributed by atoms with E-state index in [2.05, 4.69) is 19.5 Å². The van der Waals surface area contributed by atoms with Crippen LogP contribution >= 0.6 is 7.82 Å². The number of imidazole rings is 1. The van der Waals surface area contributed by atoms with Gasteiger partial charge >= 0.3 is 59.1 Å². The second kappa shape index (κ2) is 8.96. The number of phosphoric ester groups is 1. The number of rotatable bonds is 4. The summed E-state index contributed by atoms with van der Waals surface area (Å²) < 4.78 is 21.3. The van der Waals surface area contributed by atoms with E-state index in [9.17, 15) is 24.6 Å². The molecule has 0 radical (unpaired) electrons. The van der Waals surface area contributed by atoms with Crippen LogP contribution in [0.3, 0.4) is 0 Å². The number of ether oxygens (including phenoxy) is 1. The third-order valence-corrected chi connectivity index (χ3v) is 3.71. The van der Waals surface area contributed by atoms with Gasteiger partial charge < -0.3 is 33.8 Å². The smallest absolute Gasteiger partial charge is 0.790 e. The van der Waals surface area contributed by atoms with Crippen molar-refractivity contribution >= 4 is 19.0 Å². The fourth-order valence-electron chi connectivity index (χ4n) is 2.23. The molecule has 2 aromatic heterocycles. The zero-order chi connectivity index (χ0) is 15.9. The summed E-state index contributed by atoms with van der Waals surface area (Å²) in [5.74, 6) is 0. The molecule has 0 unspecified atom stereocenters. The molecule has 2 aromatic rings. The Morgan fingerprint density at radius 3 is 2.67 bits per heavy atom. The fourth-order valence-corrected chi connectivity index (χ4v) is 2.56. The van der Waals surface area contributed by atoms with Crippen LogP contribution in [0.25, 0.3) is 11.2 Å². The van der Waals surface area contributed by atoms with Gasteiger partial charge in [-0.25, -0.2) is 15.0 Å². The topological polar surface area (TPSA) is 166 Å². The van der Waals surface area contributed by atoms with Gasteiger partial charge in [-0.1, -0.05) is 0 Å². The van der Waals surface area contributed by atoms with Gasteiger partial charge in [-0.2, -0.15) is 0 Å². The maximum absolute atomic E-state index is 10.5. The van der Waals surface area contributed by atoms with E-state index in [1.807, 2.05) is 0 Å². The van der Waals surface area contributed by atoms with Crippen molar-refractivity contribution in [2.75, 3.05) is 6.61 Å². The molecule has 2 N–H and O–H groups in total. The summed E-state index contributed by atoms with van der Waals surface area (Å²) in [5.41, 5.74) is 0.822. The number of phosphoric acid groups is 1. The molecule has 11 nitrogen and oxygen atoms in total. The van der Waals surface area contributed by atoms with Gasteiger partial charge in [0.1, 0.15) is 30.2 Å². The van der Waals surface area contributed by atoms with E-state index in [1.54, 1.807) is 0 Å². The molecule has 14 heteroatoms. The van der Waals surface area contributed by atoms with E-state index >= 15 is 0 Å². The van der Waals surface area contributed by atoms with Crippen molar-refractivity contribution in [2.24, 2.45) is 0 Å². The van der Waals surface area contributed by atoms with Gasteiger partial charge in [-0.15, -0.1) is 0 Å². The Bertz CT molecular complexity index is 728. The predicted octanol–water partition coefficient (Wildman–Crippen LogP) is -8.70. The molecule has 0 spiro atoms. The van der Waals surface area contributed by atoms with Gasteiger partial charge in [-0.05, 0) is 0 Å². The van der Waals surface area contributed by atoms with Crippen LogP contribution < -0.4 is 68.9 Å². The molecule has 0 bridgehead atoms. The third-order valence-electron chi connectivity index (χ3n) is 3.25. The third kappa shape index (κ3) is 4.83. The maximum Gasteiger partial charge on any atom is 1.00 e. The Kier molecular flexibility index (Phi) is 8.43. The summed E-state index contributed by atoms with van der Waals surface area (Å²) in [6.45, 7) is -0.694. The zero-order valence-corrected chi connectivity index (χ0v) is 17.8. The molecular weight excluding hydrogens is 365 g/mol. The van der Waals surface area contributed by atoms with E-state index in [0.29, 0.717) is 11.2 Å². The normalized spacial score (nSPS) is 26.8. The average molecular weight is 376 g/mol. The Labute approximate surface area is 180 Å². The molecule has 1 aliphatic rings. The molecule has 0 amide bonds. The molecule has 24 heavy (non-hydrogen) atoms. The van der Waals surface area contributed by atoms with Crippen molar-refractivity contribution in [3.8, 4) is 0 Å². The minimum absolute atomic E-state index is 0. The van der Waals surface area contributed by atoms with Crippen molar-refractivity contribution in [3.63, 3.8) is 0 Å². The van der Waals surface area contributed by atoms with Crippen molar-refractivity contribution in [1.82, 2.24) is 19.5 Å². The number of nitrogens with zero attached hydrogens (tertiary/aromatic N) is 4. The van der Waals surface area contributed by atoms with Gasteiger partial charge in [0.05, 0.1) is 27.0 Å².